The molecule has 0 aliphatic heterocycles. The van der Waals surface area contributed by atoms with Gasteiger partial charge in [-0.2, -0.15) is 0 Å². The first-order valence-electron chi connectivity index (χ1n) is 5.97. The Morgan fingerprint density at radius 2 is 2.06 bits per heavy atom. The molecule has 3 heteroatoms. The van der Waals surface area contributed by atoms with E-state index in [-0.39, 0.29) is 5.78 Å². The Morgan fingerprint density at radius 3 is 2.71 bits per heavy atom. The van der Waals surface area contributed by atoms with E-state index in [1.54, 1.807) is 24.3 Å². The Labute approximate surface area is 101 Å². The van der Waals surface area contributed by atoms with Crippen LogP contribution in [0.1, 0.15) is 53.3 Å². The summed E-state index contributed by atoms with van der Waals surface area (Å²) >= 11 is 0. The van der Waals surface area contributed by atoms with Gasteiger partial charge in [-0.3, -0.25) is 9.59 Å². The number of benzene rings is 1. The lowest BCUT2D eigenvalue weighted by Crippen LogP contribution is -2.21. The van der Waals surface area contributed by atoms with E-state index in [1.165, 1.54) is 0 Å². The van der Waals surface area contributed by atoms with Crippen molar-refractivity contribution in [2.24, 2.45) is 0 Å². The average molecular weight is 234 g/mol. The average Bonchev–Trinajstić information content (AvgIpc) is 2.38. The number of aliphatic hydroxyl groups is 1. The highest BCUT2D eigenvalue weighted by Gasteiger charge is 2.18. The molecule has 3 nitrogen and oxygen atoms in total. The van der Waals surface area contributed by atoms with Crippen LogP contribution in [-0.2, 0) is 0 Å². The van der Waals surface area contributed by atoms with Gasteiger partial charge in [0.1, 0.15) is 6.10 Å². The zero-order chi connectivity index (χ0) is 12.7. The van der Waals surface area contributed by atoms with Gasteiger partial charge in [-0.05, 0) is 6.42 Å². The molecule has 0 saturated heterocycles. The molecule has 0 fully saturated rings. The van der Waals surface area contributed by atoms with Crippen molar-refractivity contribution >= 4 is 12.1 Å². The van der Waals surface area contributed by atoms with Crippen molar-refractivity contribution in [3.63, 3.8) is 0 Å². The molecule has 1 rings (SSSR count). The summed E-state index contributed by atoms with van der Waals surface area (Å²) in [7, 11) is 0. The molecule has 1 aromatic rings. The number of carbonyl (C=O) groups excluding carboxylic acids is 2. The van der Waals surface area contributed by atoms with E-state index in [0.29, 0.717) is 23.8 Å². The molecule has 1 N–H and O–H groups in total. The quantitative estimate of drug-likeness (QED) is 0.448. The van der Waals surface area contributed by atoms with Crippen molar-refractivity contribution < 1.29 is 14.7 Å². The number of unbranched alkanes of at least 4 members (excludes halogenated alkanes) is 2. The van der Waals surface area contributed by atoms with Crippen molar-refractivity contribution in [2.75, 3.05) is 0 Å². The maximum absolute atomic E-state index is 11.9. The van der Waals surface area contributed by atoms with Gasteiger partial charge in [0.2, 0.25) is 0 Å². The minimum Gasteiger partial charge on any atom is -0.385 e. The van der Waals surface area contributed by atoms with Crippen LogP contribution in [0.25, 0.3) is 0 Å². The number of rotatable bonds is 7. The highest BCUT2D eigenvalue weighted by atomic mass is 16.3. The van der Waals surface area contributed by atoms with Crippen LogP contribution in [-0.4, -0.2) is 23.3 Å². The highest BCUT2D eigenvalue weighted by Crippen LogP contribution is 2.13. The van der Waals surface area contributed by atoms with Gasteiger partial charge < -0.3 is 5.11 Å². The zero-order valence-electron chi connectivity index (χ0n) is 10.1. The van der Waals surface area contributed by atoms with Crippen molar-refractivity contribution in [1.29, 1.82) is 0 Å². The summed E-state index contributed by atoms with van der Waals surface area (Å²) in [4.78, 5) is 22.7. The van der Waals surface area contributed by atoms with Crippen LogP contribution < -0.4 is 0 Å². The largest absolute Gasteiger partial charge is 0.385 e. The van der Waals surface area contributed by atoms with Gasteiger partial charge in [0, 0.05) is 11.1 Å². The molecule has 0 radical (unpaired) electrons. The highest BCUT2D eigenvalue weighted by molar-refractivity contribution is 6.05. The van der Waals surface area contributed by atoms with Gasteiger partial charge in [0.05, 0.1) is 0 Å². The van der Waals surface area contributed by atoms with Crippen LogP contribution >= 0.6 is 0 Å². The molecular formula is C14H18O3. The van der Waals surface area contributed by atoms with E-state index < -0.39 is 6.10 Å². The van der Waals surface area contributed by atoms with Crippen LogP contribution in [0.15, 0.2) is 24.3 Å². The van der Waals surface area contributed by atoms with Crippen LogP contribution in [0.4, 0.5) is 0 Å². The number of aliphatic hydroxyl groups excluding tert-OH is 1. The van der Waals surface area contributed by atoms with Gasteiger partial charge in [-0.25, -0.2) is 0 Å². The van der Waals surface area contributed by atoms with E-state index in [4.69, 9.17) is 0 Å². The van der Waals surface area contributed by atoms with E-state index >= 15 is 0 Å². The second-order valence-electron chi connectivity index (χ2n) is 4.08. The second-order valence-corrected chi connectivity index (χ2v) is 4.08. The summed E-state index contributed by atoms with van der Waals surface area (Å²) < 4.78 is 0. The lowest BCUT2D eigenvalue weighted by molar-refractivity contribution is 0.0723. The summed E-state index contributed by atoms with van der Waals surface area (Å²) in [5.41, 5.74) is 0.651. The first-order chi connectivity index (χ1) is 8.20. The second kappa shape index (κ2) is 6.97. The van der Waals surface area contributed by atoms with Crippen LogP contribution in [0.3, 0.4) is 0 Å². The molecule has 0 spiro atoms. The van der Waals surface area contributed by atoms with Crippen molar-refractivity contribution in [3.05, 3.63) is 35.4 Å². The fourth-order valence-electron chi connectivity index (χ4n) is 1.72. The molecule has 0 heterocycles. The van der Waals surface area contributed by atoms with Gasteiger partial charge in [-0.15, -0.1) is 0 Å². The maximum atomic E-state index is 11.9. The molecule has 0 bridgehead atoms. The Bertz CT molecular complexity index is 385. The van der Waals surface area contributed by atoms with E-state index in [9.17, 15) is 14.7 Å². The number of hydrogen-bond donors (Lipinski definition) is 1. The fraction of sp³-hybridized carbons (Fsp3) is 0.429. The van der Waals surface area contributed by atoms with Crippen molar-refractivity contribution in [2.45, 2.75) is 38.7 Å². The first-order valence-corrected chi connectivity index (χ1v) is 5.97. The van der Waals surface area contributed by atoms with Gasteiger partial charge in [0.15, 0.2) is 12.1 Å². The number of hydrogen-bond acceptors (Lipinski definition) is 3. The molecule has 92 valence electrons. The fourth-order valence-corrected chi connectivity index (χ4v) is 1.72. The molecule has 0 aliphatic carbocycles. The molecule has 0 aliphatic rings. The van der Waals surface area contributed by atoms with Crippen LogP contribution in [0.5, 0.6) is 0 Å². The molecule has 1 atom stereocenters. The normalized spacial score (nSPS) is 12.1. The van der Waals surface area contributed by atoms with E-state index in [0.717, 1.165) is 19.3 Å². The first kappa shape index (κ1) is 13.6. The van der Waals surface area contributed by atoms with E-state index in [2.05, 4.69) is 6.92 Å². The molecular weight excluding hydrogens is 216 g/mol. The van der Waals surface area contributed by atoms with Crippen molar-refractivity contribution in [3.8, 4) is 0 Å². The lowest BCUT2D eigenvalue weighted by Gasteiger charge is -2.10. The monoisotopic (exact) mass is 234 g/mol. The molecule has 17 heavy (non-hydrogen) atoms. The molecule has 0 aromatic heterocycles. The summed E-state index contributed by atoms with van der Waals surface area (Å²) in [5, 5.41) is 9.75. The Morgan fingerprint density at radius 1 is 1.35 bits per heavy atom. The van der Waals surface area contributed by atoms with Gasteiger partial charge >= 0.3 is 0 Å². The molecule has 1 aromatic carbocycles. The van der Waals surface area contributed by atoms with Crippen LogP contribution in [0.2, 0.25) is 0 Å². The summed E-state index contributed by atoms with van der Waals surface area (Å²) in [6.07, 6.45) is 2.98. The standard InChI is InChI=1S/C14H18O3/c1-2-3-4-9-13(16)14(17)12-8-6-5-7-11(12)10-15/h5-8,10,13,16H,2-4,9H2,1H3. The summed E-state index contributed by atoms with van der Waals surface area (Å²) in [6.45, 7) is 2.07. The minimum absolute atomic E-state index is 0.312. The summed E-state index contributed by atoms with van der Waals surface area (Å²) in [6, 6.07) is 6.55. The smallest absolute Gasteiger partial charge is 0.191 e. The van der Waals surface area contributed by atoms with Crippen molar-refractivity contribution in [1.82, 2.24) is 0 Å². The predicted octanol–water partition coefficient (Wildman–Crippen LogP) is 2.62. The SMILES string of the molecule is CCCCCC(O)C(=O)c1ccccc1C=O. The third kappa shape index (κ3) is 3.79. The predicted molar refractivity (Wildman–Crippen MR) is 66.3 cm³/mol. The lowest BCUT2D eigenvalue weighted by atomic mass is 9.98. The molecule has 0 amide bonds. The topological polar surface area (TPSA) is 54.4 Å². The number of Topliss-reactive ketones (excluding diaryl/α,β-unsaturated/α-hetero) is 1. The zero-order valence-corrected chi connectivity index (χ0v) is 10.1. The summed E-state index contributed by atoms with van der Waals surface area (Å²) in [5.74, 6) is -0.358. The van der Waals surface area contributed by atoms with E-state index in [1.807, 2.05) is 0 Å². The molecule has 0 saturated carbocycles. The Hall–Kier alpha value is -1.48. The Balaban J connectivity index is 2.71. The number of ketones is 1. The number of aldehydes is 1. The molecule has 1 unspecified atom stereocenters. The van der Waals surface area contributed by atoms with Gasteiger partial charge in [-0.1, -0.05) is 50.5 Å². The minimum atomic E-state index is -0.998. The number of carbonyl (C=O) groups is 2. The third-order valence-corrected chi connectivity index (χ3v) is 2.74. The maximum Gasteiger partial charge on any atom is 0.191 e. The third-order valence-electron chi connectivity index (χ3n) is 2.74. The van der Waals surface area contributed by atoms with Gasteiger partial charge in [0.25, 0.3) is 0 Å². The Kier molecular flexibility index (Phi) is 5.57. The van der Waals surface area contributed by atoms with Crippen LogP contribution in [0, 0.1) is 0 Å².